The zero-order chi connectivity index (χ0) is 9.84. The number of aromatic nitrogens is 2. The Morgan fingerprint density at radius 1 is 1.62 bits per heavy atom. The highest BCUT2D eigenvalue weighted by Gasteiger charge is 2.06. The minimum absolute atomic E-state index is 0.00181. The average molecular weight is 179 g/mol. The molecule has 0 radical (unpaired) electrons. The number of nitrogens with two attached hydrogens (primary N) is 1. The number of rotatable bonds is 3. The fourth-order valence-electron chi connectivity index (χ4n) is 0.929. The molecule has 1 heterocycles. The van der Waals surface area contributed by atoms with Gasteiger partial charge in [0.1, 0.15) is 5.84 Å². The van der Waals surface area contributed by atoms with Gasteiger partial charge in [0, 0.05) is 6.04 Å². The molecule has 0 bridgehead atoms. The molecule has 13 heavy (non-hydrogen) atoms. The molecule has 0 fully saturated rings. The monoisotopic (exact) mass is 179 g/mol. The van der Waals surface area contributed by atoms with Crippen LogP contribution in [-0.4, -0.2) is 22.1 Å². The Bertz CT molecular complexity index is 307. The van der Waals surface area contributed by atoms with E-state index in [1.165, 1.54) is 6.20 Å². The van der Waals surface area contributed by atoms with Crippen LogP contribution in [0.25, 0.3) is 0 Å². The average Bonchev–Trinajstić information content (AvgIpc) is 2.03. The van der Waals surface area contributed by atoms with E-state index in [-0.39, 0.29) is 11.9 Å². The van der Waals surface area contributed by atoms with Crippen LogP contribution in [0.15, 0.2) is 12.3 Å². The van der Waals surface area contributed by atoms with Crippen molar-refractivity contribution in [1.82, 2.24) is 10.2 Å². The highest BCUT2D eigenvalue weighted by Crippen LogP contribution is 2.09. The molecule has 4 N–H and O–H groups in total. The van der Waals surface area contributed by atoms with E-state index >= 15 is 0 Å². The molecule has 0 aliphatic heterocycles. The molecule has 0 aliphatic rings. The lowest BCUT2D eigenvalue weighted by Gasteiger charge is -2.11. The third-order valence-corrected chi connectivity index (χ3v) is 1.44. The highest BCUT2D eigenvalue weighted by atomic mass is 15.2. The number of nitrogen functional groups attached to an aromatic ring is 1. The molecule has 1 aromatic rings. The predicted molar refractivity (Wildman–Crippen MR) is 51.8 cm³/mol. The van der Waals surface area contributed by atoms with Gasteiger partial charge in [0.05, 0.1) is 11.8 Å². The van der Waals surface area contributed by atoms with Gasteiger partial charge in [0.2, 0.25) is 0 Å². The molecule has 0 amide bonds. The zero-order valence-electron chi connectivity index (χ0n) is 7.70. The summed E-state index contributed by atoms with van der Waals surface area (Å²) >= 11 is 0. The summed E-state index contributed by atoms with van der Waals surface area (Å²) in [6.45, 7) is 3.97. The van der Waals surface area contributed by atoms with Gasteiger partial charge in [-0.05, 0) is 19.9 Å². The molecule has 5 nitrogen and oxygen atoms in total. The van der Waals surface area contributed by atoms with E-state index in [1.54, 1.807) is 6.07 Å². The first-order valence-electron chi connectivity index (χ1n) is 4.04. The van der Waals surface area contributed by atoms with Crippen molar-refractivity contribution >= 4 is 11.7 Å². The molecule has 0 unspecified atom stereocenters. The summed E-state index contributed by atoms with van der Waals surface area (Å²) in [5, 5.41) is 17.9. The smallest absolute Gasteiger partial charge is 0.159 e. The van der Waals surface area contributed by atoms with Gasteiger partial charge in [-0.2, -0.15) is 5.10 Å². The van der Waals surface area contributed by atoms with Crippen molar-refractivity contribution < 1.29 is 0 Å². The minimum Gasteiger partial charge on any atom is -0.384 e. The van der Waals surface area contributed by atoms with Crippen LogP contribution in [0.2, 0.25) is 0 Å². The molecule has 1 aromatic heterocycles. The maximum atomic E-state index is 7.29. The lowest BCUT2D eigenvalue weighted by atomic mass is 10.2. The zero-order valence-corrected chi connectivity index (χ0v) is 7.70. The summed E-state index contributed by atoms with van der Waals surface area (Å²) < 4.78 is 0. The summed E-state index contributed by atoms with van der Waals surface area (Å²) in [6.07, 6.45) is 1.52. The second-order valence-electron chi connectivity index (χ2n) is 3.01. The fraction of sp³-hybridized carbons (Fsp3) is 0.375. The van der Waals surface area contributed by atoms with Gasteiger partial charge >= 0.3 is 0 Å². The van der Waals surface area contributed by atoms with Gasteiger partial charge in [0.25, 0.3) is 0 Å². The molecular weight excluding hydrogens is 166 g/mol. The number of hydrogen-bond acceptors (Lipinski definition) is 4. The van der Waals surface area contributed by atoms with Gasteiger partial charge in [-0.25, -0.2) is 0 Å². The molecule has 0 saturated carbocycles. The lowest BCUT2D eigenvalue weighted by molar-refractivity contribution is 0.872. The number of nitrogens with zero attached hydrogens (tertiary/aromatic N) is 2. The van der Waals surface area contributed by atoms with Crippen LogP contribution in [0.4, 0.5) is 5.82 Å². The second kappa shape index (κ2) is 3.84. The SMILES string of the molecule is CC(C)Nc1nnccc1C(=N)N. The van der Waals surface area contributed by atoms with E-state index in [0.717, 1.165) is 0 Å². The third kappa shape index (κ3) is 2.40. The highest BCUT2D eigenvalue weighted by molar-refractivity contribution is 5.99. The van der Waals surface area contributed by atoms with Gasteiger partial charge in [-0.15, -0.1) is 5.10 Å². The first-order chi connectivity index (χ1) is 6.11. The molecule has 5 heteroatoms. The van der Waals surface area contributed by atoms with Gasteiger partial charge in [0.15, 0.2) is 5.82 Å². The van der Waals surface area contributed by atoms with E-state index in [9.17, 15) is 0 Å². The Labute approximate surface area is 76.9 Å². The summed E-state index contributed by atoms with van der Waals surface area (Å²) in [6, 6.07) is 1.91. The van der Waals surface area contributed by atoms with Crippen molar-refractivity contribution in [3.05, 3.63) is 17.8 Å². The van der Waals surface area contributed by atoms with Crippen LogP contribution in [0.1, 0.15) is 19.4 Å². The normalized spacial score (nSPS) is 10.1. The quantitative estimate of drug-likeness (QED) is 0.468. The van der Waals surface area contributed by atoms with Crippen molar-refractivity contribution in [3.8, 4) is 0 Å². The number of amidine groups is 1. The molecule has 0 spiro atoms. The lowest BCUT2D eigenvalue weighted by Crippen LogP contribution is -2.19. The Kier molecular flexibility index (Phi) is 2.79. The van der Waals surface area contributed by atoms with Crippen molar-refractivity contribution in [2.45, 2.75) is 19.9 Å². The Morgan fingerprint density at radius 2 is 2.31 bits per heavy atom. The molecule has 0 atom stereocenters. The van der Waals surface area contributed by atoms with Crippen LogP contribution < -0.4 is 11.1 Å². The number of anilines is 1. The molecule has 70 valence electrons. The maximum absolute atomic E-state index is 7.29. The predicted octanol–water partition coefficient (Wildman–Crippen LogP) is 0.581. The van der Waals surface area contributed by atoms with E-state index < -0.39 is 0 Å². The fourth-order valence-corrected chi connectivity index (χ4v) is 0.929. The van der Waals surface area contributed by atoms with E-state index in [4.69, 9.17) is 11.1 Å². The van der Waals surface area contributed by atoms with Gasteiger partial charge in [-0.3, -0.25) is 5.41 Å². The van der Waals surface area contributed by atoms with Crippen molar-refractivity contribution in [2.75, 3.05) is 5.32 Å². The van der Waals surface area contributed by atoms with Crippen molar-refractivity contribution in [3.63, 3.8) is 0 Å². The van der Waals surface area contributed by atoms with Crippen molar-refractivity contribution in [2.24, 2.45) is 5.73 Å². The van der Waals surface area contributed by atoms with Crippen LogP contribution in [0.5, 0.6) is 0 Å². The van der Waals surface area contributed by atoms with Crippen LogP contribution in [0.3, 0.4) is 0 Å². The molecule has 0 saturated heterocycles. The summed E-state index contributed by atoms with van der Waals surface area (Å²) in [5.41, 5.74) is 5.95. The van der Waals surface area contributed by atoms with Crippen molar-refractivity contribution in [1.29, 1.82) is 5.41 Å². The van der Waals surface area contributed by atoms with Crippen LogP contribution in [0, 0.1) is 5.41 Å². The Hall–Kier alpha value is -1.65. The Balaban J connectivity index is 2.98. The third-order valence-electron chi connectivity index (χ3n) is 1.44. The molecule has 1 rings (SSSR count). The molecule has 0 aliphatic carbocycles. The van der Waals surface area contributed by atoms with E-state index in [2.05, 4.69) is 15.5 Å². The topological polar surface area (TPSA) is 87.7 Å². The summed E-state index contributed by atoms with van der Waals surface area (Å²) in [4.78, 5) is 0. The summed E-state index contributed by atoms with van der Waals surface area (Å²) in [7, 11) is 0. The second-order valence-corrected chi connectivity index (χ2v) is 3.01. The van der Waals surface area contributed by atoms with E-state index in [0.29, 0.717) is 11.4 Å². The largest absolute Gasteiger partial charge is 0.384 e. The molecular formula is C8H13N5. The Morgan fingerprint density at radius 3 is 2.85 bits per heavy atom. The first-order valence-corrected chi connectivity index (χ1v) is 4.04. The van der Waals surface area contributed by atoms with Gasteiger partial charge in [-0.1, -0.05) is 0 Å². The van der Waals surface area contributed by atoms with E-state index in [1.807, 2.05) is 13.8 Å². The molecule has 0 aromatic carbocycles. The maximum Gasteiger partial charge on any atom is 0.159 e. The van der Waals surface area contributed by atoms with Crippen LogP contribution >= 0.6 is 0 Å². The van der Waals surface area contributed by atoms with Crippen LogP contribution in [-0.2, 0) is 0 Å². The number of hydrogen-bond donors (Lipinski definition) is 3. The standard InChI is InChI=1S/C8H13N5/c1-5(2)12-8-6(7(9)10)3-4-11-13-8/h3-5H,1-2H3,(H3,9,10)(H,12,13). The number of nitrogens with one attached hydrogen (secondary N) is 2. The first kappa shape index (κ1) is 9.44. The summed E-state index contributed by atoms with van der Waals surface area (Å²) in [5.74, 6) is 0.558. The van der Waals surface area contributed by atoms with Gasteiger partial charge < -0.3 is 11.1 Å². The minimum atomic E-state index is -0.00181.